The largest absolute Gasteiger partial charge is 0.496 e. The van der Waals surface area contributed by atoms with Crippen LogP contribution in [0.25, 0.3) is 11.0 Å². The van der Waals surface area contributed by atoms with Gasteiger partial charge in [0.25, 0.3) is 5.91 Å². The lowest BCUT2D eigenvalue weighted by Crippen LogP contribution is -2.25. The van der Waals surface area contributed by atoms with Crippen LogP contribution in [0.3, 0.4) is 0 Å². The molecule has 0 saturated carbocycles. The van der Waals surface area contributed by atoms with Gasteiger partial charge < -0.3 is 14.6 Å². The maximum Gasteiger partial charge on any atom is 0.255 e. The minimum Gasteiger partial charge on any atom is -0.496 e. The molecule has 0 aliphatic heterocycles. The molecule has 0 aliphatic carbocycles. The third kappa shape index (κ3) is 4.77. The van der Waals surface area contributed by atoms with Gasteiger partial charge in [-0.05, 0) is 43.2 Å². The minimum absolute atomic E-state index is 0.120. The molecular formula is C26H27N3O2. The number of rotatable bonds is 8. The van der Waals surface area contributed by atoms with Crippen molar-refractivity contribution in [2.24, 2.45) is 0 Å². The van der Waals surface area contributed by atoms with E-state index in [0.29, 0.717) is 17.9 Å². The highest BCUT2D eigenvalue weighted by molar-refractivity contribution is 5.96. The van der Waals surface area contributed by atoms with Gasteiger partial charge in [0.2, 0.25) is 0 Å². The van der Waals surface area contributed by atoms with Crippen molar-refractivity contribution >= 4 is 16.9 Å². The summed E-state index contributed by atoms with van der Waals surface area (Å²) in [4.78, 5) is 17.4. The summed E-state index contributed by atoms with van der Waals surface area (Å²) >= 11 is 0. The number of benzene rings is 3. The van der Waals surface area contributed by atoms with Gasteiger partial charge in [0, 0.05) is 19.5 Å². The molecule has 1 aromatic heterocycles. The summed E-state index contributed by atoms with van der Waals surface area (Å²) < 4.78 is 7.56. The molecule has 0 fully saturated rings. The van der Waals surface area contributed by atoms with E-state index < -0.39 is 0 Å². The number of carbonyl (C=O) groups excluding carboxylic acids is 1. The second kappa shape index (κ2) is 9.47. The predicted octanol–water partition coefficient (Wildman–Crippen LogP) is 4.76. The first-order chi connectivity index (χ1) is 15.2. The highest BCUT2D eigenvalue weighted by Crippen LogP contribution is 2.20. The maximum atomic E-state index is 12.5. The standard InChI is InChI=1S/C26H27N3O2/c1-19-13-15-20(16-14-19)18-29-23-10-5-4-9-22(23)28-25(29)12-7-17-27-26(30)21-8-3-6-11-24(21)31-2/h3-6,8-11,13-16H,7,12,17-18H2,1-2H3,(H,27,30). The molecule has 4 aromatic rings. The van der Waals surface area contributed by atoms with Crippen LogP contribution in [0.2, 0.25) is 0 Å². The molecule has 0 unspecified atom stereocenters. The number of methoxy groups -OCH3 is 1. The van der Waals surface area contributed by atoms with Gasteiger partial charge in [-0.1, -0.05) is 54.1 Å². The second-order valence-electron chi connectivity index (χ2n) is 7.65. The number of nitrogens with zero attached hydrogens (tertiary/aromatic N) is 2. The molecule has 31 heavy (non-hydrogen) atoms. The minimum atomic E-state index is -0.120. The molecule has 1 N–H and O–H groups in total. The number of amides is 1. The fourth-order valence-corrected chi connectivity index (χ4v) is 3.74. The number of hydrogen-bond acceptors (Lipinski definition) is 3. The molecule has 3 aromatic carbocycles. The average molecular weight is 414 g/mol. The van der Waals surface area contributed by atoms with Crippen LogP contribution in [-0.4, -0.2) is 29.1 Å². The van der Waals surface area contributed by atoms with Gasteiger partial charge in [0.15, 0.2) is 0 Å². The summed E-state index contributed by atoms with van der Waals surface area (Å²) in [5.74, 6) is 1.50. The Hall–Kier alpha value is -3.60. The summed E-state index contributed by atoms with van der Waals surface area (Å²) in [6, 6.07) is 24.1. The van der Waals surface area contributed by atoms with Crippen molar-refractivity contribution in [1.82, 2.24) is 14.9 Å². The van der Waals surface area contributed by atoms with Crippen LogP contribution >= 0.6 is 0 Å². The Labute approximate surface area is 182 Å². The summed E-state index contributed by atoms with van der Waals surface area (Å²) in [6.07, 6.45) is 1.59. The van der Waals surface area contributed by atoms with Crippen LogP contribution in [0.4, 0.5) is 0 Å². The SMILES string of the molecule is COc1ccccc1C(=O)NCCCc1nc2ccccc2n1Cc1ccc(C)cc1. The summed E-state index contributed by atoms with van der Waals surface area (Å²) in [5, 5.41) is 3.00. The number of hydrogen-bond donors (Lipinski definition) is 1. The first-order valence-electron chi connectivity index (χ1n) is 10.6. The zero-order valence-corrected chi connectivity index (χ0v) is 18.0. The molecule has 0 aliphatic rings. The van der Waals surface area contributed by atoms with Crippen LogP contribution < -0.4 is 10.1 Å². The summed E-state index contributed by atoms with van der Waals surface area (Å²) in [6.45, 7) is 3.45. The van der Waals surface area contributed by atoms with E-state index in [1.54, 1.807) is 19.2 Å². The average Bonchev–Trinajstić information content (AvgIpc) is 3.15. The summed E-state index contributed by atoms with van der Waals surface area (Å²) in [5.41, 5.74) is 5.19. The molecule has 158 valence electrons. The van der Waals surface area contributed by atoms with Crippen LogP contribution in [-0.2, 0) is 13.0 Å². The van der Waals surface area contributed by atoms with Crippen molar-refractivity contribution in [3.05, 3.63) is 95.3 Å². The van der Waals surface area contributed by atoms with E-state index in [1.807, 2.05) is 30.3 Å². The molecule has 5 heteroatoms. The quantitative estimate of drug-likeness (QED) is 0.424. The van der Waals surface area contributed by atoms with E-state index in [-0.39, 0.29) is 5.91 Å². The molecule has 0 atom stereocenters. The molecule has 0 radical (unpaired) electrons. The van der Waals surface area contributed by atoms with Crippen molar-refractivity contribution in [1.29, 1.82) is 0 Å². The number of fused-ring (bicyclic) bond motifs is 1. The van der Waals surface area contributed by atoms with Crippen molar-refractivity contribution < 1.29 is 9.53 Å². The van der Waals surface area contributed by atoms with Crippen LogP contribution in [0.15, 0.2) is 72.8 Å². The van der Waals surface area contributed by atoms with Gasteiger partial charge in [-0.2, -0.15) is 0 Å². The van der Waals surface area contributed by atoms with E-state index in [2.05, 4.69) is 47.1 Å². The summed E-state index contributed by atoms with van der Waals surface area (Å²) in [7, 11) is 1.57. The molecule has 1 amide bonds. The highest BCUT2D eigenvalue weighted by Gasteiger charge is 2.13. The normalized spacial score (nSPS) is 10.9. The lowest BCUT2D eigenvalue weighted by Gasteiger charge is -2.11. The molecule has 5 nitrogen and oxygen atoms in total. The molecule has 1 heterocycles. The molecule has 4 rings (SSSR count). The molecule has 0 bridgehead atoms. The third-order valence-corrected chi connectivity index (χ3v) is 5.41. The van der Waals surface area contributed by atoms with Crippen molar-refractivity contribution in [2.45, 2.75) is 26.3 Å². The molecule has 0 spiro atoms. The zero-order valence-electron chi connectivity index (χ0n) is 18.0. The van der Waals surface area contributed by atoms with E-state index >= 15 is 0 Å². The van der Waals surface area contributed by atoms with Gasteiger partial charge in [-0.15, -0.1) is 0 Å². The predicted molar refractivity (Wildman–Crippen MR) is 124 cm³/mol. The van der Waals surface area contributed by atoms with E-state index in [0.717, 1.165) is 36.2 Å². The number of aryl methyl sites for hydroxylation is 2. The van der Waals surface area contributed by atoms with Crippen molar-refractivity contribution in [3.8, 4) is 5.75 Å². The number of carbonyl (C=O) groups is 1. The fourth-order valence-electron chi connectivity index (χ4n) is 3.74. The fraction of sp³-hybridized carbons (Fsp3) is 0.231. The highest BCUT2D eigenvalue weighted by atomic mass is 16.5. The van der Waals surface area contributed by atoms with Gasteiger partial charge in [0.05, 0.1) is 23.7 Å². The molecular weight excluding hydrogens is 386 g/mol. The smallest absolute Gasteiger partial charge is 0.255 e. The Bertz CT molecular complexity index is 1180. The Morgan fingerprint density at radius 1 is 1.00 bits per heavy atom. The number of nitrogens with one attached hydrogen (secondary N) is 1. The lowest BCUT2D eigenvalue weighted by molar-refractivity contribution is 0.0950. The van der Waals surface area contributed by atoms with E-state index in [9.17, 15) is 4.79 Å². The van der Waals surface area contributed by atoms with Gasteiger partial charge in [-0.3, -0.25) is 4.79 Å². The number of para-hydroxylation sites is 3. The first-order valence-corrected chi connectivity index (χ1v) is 10.6. The topological polar surface area (TPSA) is 56.1 Å². The van der Waals surface area contributed by atoms with Crippen molar-refractivity contribution in [3.63, 3.8) is 0 Å². The van der Waals surface area contributed by atoms with E-state index in [4.69, 9.17) is 9.72 Å². The Morgan fingerprint density at radius 2 is 1.74 bits per heavy atom. The number of ether oxygens (including phenoxy) is 1. The number of imidazole rings is 1. The number of aromatic nitrogens is 2. The van der Waals surface area contributed by atoms with Crippen molar-refractivity contribution in [2.75, 3.05) is 13.7 Å². The first kappa shape index (κ1) is 20.7. The lowest BCUT2D eigenvalue weighted by atomic mass is 10.1. The Kier molecular flexibility index (Phi) is 6.32. The third-order valence-electron chi connectivity index (χ3n) is 5.41. The Balaban J connectivity index is 1.44. The monoisotopic (exact) mass is 413 g/mol. The Morgan fingerprint density at radius 3 is 2.55 bits per heavy atom. The van der Waals surface area contributed by atoms with Crippen LogP contribution in [0.5, 0.6) is 5.75 Å². The zero-order chi connectivity index (χ0) is 21.6. The maximum absolute atomic E-state index is 12.5. The van der Waals surface area contributed by atoms with Gasteiger partial charge in [0.1, 0.15) is 11.6 Å². The van der Waals surface area contributed by atoms with Gasteiger partial charge in [-0.25, -0.2) is 4.98 Å². The molecule has 0 saturated heterocycles. The van der Waals surface area contributed by atoms with Crippen LogP contribution in [0.1, 0.15) is 33.7 Å². The van der Waals surface area contributed by atoms with Crippen LogP contribution in [0, 0.1) is 6.92 Å². The van der Waals surface area contributed by atoms with Gasteiger partial charge >= 0.3 is 0 Å². The second-order valence-corrected chi connectivity index (χ2v) is 7.65. The van der Waals surface area contributed by atoms with E-state index in [1.165, 1.54) is 11.1 Å².